The molecule has 2 nitrogen and oxygen atoms in total. The molecule has 0 aliphatic heterocycles. The monoisotopic (exact) mass is 343 g/mol. The van der Waals surface area contributed by atoms with Crippen molar-refractivity contribution in [1.29, 1.82) is 0 Å². The Labute approximate surface area is 150 Å². The predicted molar refractivity (Wildman–Crippen MR) is 107 cm³/mol. The van der Waals surface area contributed by atoms with Crippen molar-refractivity contribution < 1.29 is 4.79 Å². The van der Waals surface area contributed by atoms with Gasteiger partial charge in [0.25, 0.3) is 0 Å². The molecule has 4 rings (SSSR count). The second-order valence-corrected chi connectivity index (χ2v) is 6.95. The zero-order valence-electron chi connectivity index (χ0n) is 13.8. The number of carbonyl (C=O) groups is 1. The van der Waals surface area contributed by atoms with Crippen molar-refractivity contribution in [2.24, 2.45) is 0 Å². The molecule has 0 atom stereocenters. The van der Waals surface area contributed by atoms with E-state index >= 15 is 0 Å². The van der Waals surface area contributed by atoms with Crippen LogP contribution in [0.5, 0.6) is 0 Å². The molecular formula is C22H17NOS. The standard InChI is InChI=1S/C22H17NOS/c1-15(24)23-19-13-7-5-11-17(19)21-18-12-6-8-14-20(18)25-22(21)16-9-3-2-4-10-16/h2-14H,1H3,(H,23,24). The highest BCUT2D eigenvalue weighted by molar-refractivity contribution is 7.23. The lowest BCUT2D eigenvalue weighted by molar-refractivity contribution is -0.114. The van der Waals surface area contributed by atoms with E-state index < -0.39 is 0 Å². The van der Waals surface area contributed by atoms with Crippen LogP contribution in [0.25, 0.3) is 31.7 Å². The molecular weight excluding hydrogens is 326 g/mol. The molecule has 0 bridgehead atoms. The highest BCUT2D eigenvalue weighted by Gasteiger charge is 2.18. The predicted octanol–water partition coefficient (Wildman–Crippen LogP) is 6.19. The zero-order chi connectivity index (χ0) is 17.2. The Hall–Kier alpha value is -2.91. The lowest BCUT2D eigenvalue weighted by Gasteiger charge is -2.12. The van der Waals surface area contributed by atoms with Gasteiger partial charge in [-0.25, -0.2) is 0 Å². The Kier molecular flexibility index (Phi) is 4.08. The SMILES string of the molecule is CC(=O)Nc1ccccc1-c1c(-c2ccccc2)sc2ccccc12. The number of anilines is 1. The Balaban J connectivity index is 2.03. The second kappa shape index (κ2) is 6.54. The Morgan fingerprint density at radius 1 is 0.840 bits per heavy atom. The number of amides is 1. The summed E-state index contributed by atoms with van der Waals surface area (Å²) in [6.07, 6.45) is 0. The summed E-state index contributed by atoms with van der Waals surface area (Å²) in [4.78, 5) is 12.9. The molecule has 1 heterocycles. The molecule has 4 aromatic rings. The van der Waals surface area contributed by atoms with E-state index in [0.717, 1.165) is 11.3 Å². The van der Waals surface area contributed by atoms with Crippen LogP contribution < -0.4 is 5.32 Å². The molecule has 0 fully saturated rings. The van der Waals surface area contributed by atoms with Crippen LogP contribution in [0.15, 0.2) is 78.9 Å². The van der Waals surface area contributed by atoms with Gasteiger partial charge in [-0.1, -0.05) is 66.7 Å². The molecule has 0 saturated carbocycles. The molecule has 0 spiro atoms. The lowest BCUT2D eigenvalue weighted by Crippen LogP contribution is -2.06. The van der Waals surface area contributed by atoms with Crippen LogP contribution in [0.4, 0.5) is 5.69 Å². The smallest absolute Gasteiger partial charge is 0.221 e. The van der Waals surface area contributed by atoms with Gasteiger partial charge in [-0.2, -0.15) is 0 Å². The normalized spacial score (nSPS) is 10.8. The van der Waals surface area contributed by atoms with E-state index in [1.807, 2.05) is 24.3 Å². The number of benzene rings is 3. The van der Waals surface area contributed by atoms with Crippen molar-refractivity contribution >= 4 is 33.0 Å². The highest BCUT2D eigenvalue weighted by atomic mass is 32.1. The van der Waals surface area contributed by atoms with Gasteiger partial charge in [-0.3, -0.25) is 4.79 Å². The number of hydrogen-bond donors (Lipinski definition) is 1. The Morgan fingerprint density at radius 2 is 1.52 bits per heavy atom. The Bertz CT molecular complexity index is 1050. The van der Waals surface area contributed by atoms with Crippen molar-refractivity contribution in [3.63, 3.8) is 0 Å². The maximum Gasteiger partial charge on any atom is 0.221 e. The van der Waals surface area contributed by atoms with Gasteiger partial charge in [0.15, 0.2) is 0 Å². The van der Waals surface area contributed by atoms with E-state index in [4.69, 9.17) is 0 Å². The first-order valence-electron chi connectivity index (χ1n) is 8.18. The largest absolute Gasteiger partial charge is 0.326 e. The number of hydrogen-bond acceptors (Lipinski definition) is 2. The summed E-state index contributed by atoms with van der Waals surface area (Å²) in [6.45, 7) is 1.54. The van der Waals surface area contributed by atoms with Gasteiger partial charge in [0.1, 0.15) is 0 Å². The molecule has 3 aromatic carbocycles. The summed E-state index contributed by atoms with van der Waals surface area (Å²) >= 11 is 1.79. The molecule has 0 unspecified atom stereocenters. The number of fused-ring (bicyclic) bond motifs is 1. The fourth-order valence-corrected chi connectivity index (χ4v) is 4.33. The summed E-state index contributed by atoms with van der Waals surface area (Å²) in [5.74, 6) is -0.0618. The number of rotatable bonds is 3. The minimum Gasteiger partial charge on any atom is -0.326 e. The Morgan fingerprint density at radius 3 is 2.32 bits per heavy atom. The van der Waals surface area contributed by atoms with Crippen LogP contribution in [0.1, 0.15) is 6.92 Å². The molecule has 0 saturated heterocycles. The molecule has 122 valence electrons. The average Bonchev–Trinajstić information content (AvgIpc) is 3.02. The van der Waals surface area contributed by atoms with E-state index in [-0.39, 0.29) is 5.91 Å². The molecule has 1 N–H and O–H groups in total. The van der Waals surface area contributed by atoms with E-state index in [1.54, 1.807) is 18.3 Å². The molecule has 0 aliphatic rings. The minimum absolute atomic E-state index is 0.0618. The number of para-hydroxylation sites is 1. The van der Waals surface area contributed by atoms with Crippen LogP contribution in [0, 0.1) is 0 Å². The van der Waals surface area contributed by atoms with E-state index in [2.05, 4.69) is 59.9 Å². The first-order chi connectivity index (χ1) is 12.2. The lowest BCUT2D eigenvalue weighted by atomic mass is 9.97. The highest BCUT2D eigenvalue weighted by Crippen LogP contribution is 2.46. The molecule has 0 radical (unpaired) electrons. The van der Waals surface area contributed by atoms with Crippen molar-refractivity contribution in [2.45, 2.75) is 6.92 Å². The molecule has 0 aliphatic carbocycles. The molecule has 1 aromatic heterocycles. The first-order valence-corrected chi connectivity index (χ1v) is 8.99. The van der Waals surface area contributed by atoms with Crippen LogP contribution in [0.3, 0.4) is 0 Å². The fourth-order valence-electron chi connectivity index (χ4n) is 3.11. The van der Waals surface area contributed by atoms with Crippen LogP contribution in [-0.2, 0) is 4.79 Å². The van der Waals surface area contributed by atoms with Crippen molar-refractivity contribution in [3.8, 4) is 21.6 Å². The van der Waals surface area contributed by atoms with E-state index in [1.165, 1.54) is 26.1 Å². The minimum atomic E-state index is -0.0618. The molecule has 3 heteroatoms. The molecule has 1 amide bonds. The first kappa shape index (κ1) is 15.6. The van der Waals surface area contributed by atoms with E-state index in [0.29, 0.717) is 0 Å². The van der Waals surface area contributed by atoms with Crippen LogP contribution in [0.2, 0.25) is 0 Å². The third kappa shape index (κ3) is 2.94. The van der Waals surface area contributed by atoms with Crippen molar-refractivity contribution in [2.75, 3.05) is 5.32 Å². The zero-order valence-corrected chi connectivity index (χ0v) is 14.6. The second-order valence-electron chi connectivity index (χ2n) is 5.90. The van der Waals surface area contributed by atoms with Gasteiger partial charge in [-0.15, -0.1) is 11.3 Å². The number of carbonyl (C=O) groups excluding carboxylic acids is 1. The summed E-state index contributed by atoms with van der Waals surface area (Å²) in [6, 6.07) is 26.8. The van der Waals surface area contributed by atoms with Gasteiger partial charge in [0, 0.05) is 38.7 Å². The fraction of sp³-hybridized carbons (Fsp3) is 0.0455. The maximum absolute atomic E-state index is 11.6. The van der Waals surface area contributed by atoms with Gasteiger partial charge in [-0.05, 0) is 17.7 Å². The quantitative estimate of drug-likeness (QED) is 0.472. The summed E-state index contributed by atoms with van der Waals surface area (Å²) in [5, 5.41) is 4.18. The van der Waals surface area contributed by atoms with E-state index in [9.17, 15) is 4.79 Å². The van der Waals surface area contributed by atoms with Gasteiger partial charge in [0.05, 0.1) is 0 Å². The van der Waals surface area contributed by atoms with Crippen LogP contribution in [-0.4, -0.2) is 5.91 Å². The van der Waals surface area contributed by atoms with Crippen molar-refractivity contribution in [3.05, 3.63) is 78.9 Å². The number of nitrogens with one attached hydrogen (secondary N) is 1. The summed E-state index contributed by atoms with van der Waals surface area (Å²) in [7, 11) is 0. The van der Waals surface area contributed by atoms with Crippen molar-refractivity contribution in [1.82, 2.24) is 0 Å². The average molecular weight is 343 g/mol. The van der Waals surface area contributed by atoms with Gasteiger partial charge < -0.3 is 5.32 Å². The third-order valence-corrected chi connectivity index (χ3v) is 5.36. The molecule has 25 heavy (non-hydrogen) atoms. The summed E-state index contributed by atoms with van der Waals surface area (Å²) < 4.78 is 1.24. The van der Waals surface area contributed by atoms with Gasteiger partial charge >= 0.3 is 0 Å². The summed E-state index contributed by atoms with van der Waals surface area (Å²) in [5.41, 5.74) is 4.26. The topological polar surface area (TPSA) is 29.1 Å². The third-order valence-electron chi connectivity index (χ3n) is 4.14. The number of thiophene rings is 1. The van der Waals surface area contributed by atoms with Crippen LogP contribution >= 0.6 is 11.3 Å². The maximum atomic E-state index is 11.6. The van der Waals surface area contributed by atoms with Gasteiger partial charge in [0.2, 0.25) is 5.91 Å².